The van der Waals surface area contributed by atoms with E-state index in [-0.39, 0.29) is 5.91 Å². The van der Waals surface area contributed by atoms with Crippen LogP contribution in [0.4, 0.5) is 5.69 Å². The zero-order valence-electron chi connectivity index (χ0n) is 14.2. The number of halogens is 1. The number of nitrogens with one attached hydrogen (secondary N) is 1. The lowest BCUT2D eigenvalue weighted by atomic mass is 10.1. The Morgan fingerprint density at radius 3 is 2.60 bits per heavy atom. The number of anilines is 1. The SMILES string of the molecule is Cc1cc(C)cc(NC(=O)CCc2ncc(-c3ccccc3Cl)o2)c1. The molecule has 0 unspecified atom stereocenters. The molecule has 0 aliphatic rings. The van der Waals surface area contributed by atoms with Crippen molar-refractivity contribution in [3.63, 3.8) is 0 Å². The van der Waals surface area contributed by atoms with E-state index in [4.69, 9.17) is 16.0 Å². The first-order valence-electron chi connectivity index (χ1n) is 8.09. The molecule has 0 aliphatic carbocycles. The van der Waals surface area contributed by atoms with Crippen molar-refractivity contribution in [2.24, 2.45) is 0 Å². The number of amides is 1. The number of rotatable bonds is 5. The molecule has 4 nitrogen and oxygen atoms in total. The predicted octanol–water partition coefficient (Wildman–Crippen LogP) is 5.18. The van der Waals surface area contributed by atoms with E-state index in [1.54, 1.807) is 12.3 Å². The van der Waals surface area contributed by atoms with E-state index in [1.807, 2.05) is 44.2 Å². The summed E-state index contributed by atoms with van der Waals surface area (Å²) < 4.78 is 5.71. The maximum atomic E-state index is 12.1. The summed E-state index contributed by atoms with van der Waals surface area (Å²) in [5.74, 6) is 1.06. The van der Waals surface area contributed by atoms with Crippen LogP contribution in [0.1, 0.15) is 23.4 Å². The van der Waals surface area contributed by atoms with Crippen LogP contribution in [0, 0.1) is 13.8 Å². The second-order valence-electron chi connectivity index (χ2n) is 6.02. The first kappa shape index (κ1) is 17.2. The Kier molecular flexibility index (Phi) is 5.19. The molecule has 1 amide bonds. The normalized spacial score (nSPS) is 10.7. The Labute approximate surface area is 151 Å². The second-order valence-corrected chi connectivity index (χ2v) is 6.43. The average molecular weight is 355 g/mol. The number of oxazole rings is 1. The fourth-order valence-corrected chi connectivity index (χ4v) is 2.93. The van der Waals surface area contributed by atoms with Gasteiger partial charge in [-0.25, -0.2) is 4.98 Å². The van der Waals surface area contributed by atoms with Crippen LogP contribution in [0.3, 0.4) is 0 Å². The molecule has 1 N–H and O–H groups in total. The zero-order valence-corrected chi connectivity index (χ0v) is 14.9. The number of carbonyl (C=O) groups excluding carboxylic acids is 1. The lowest BCUT2D eigenvalue weighted by Gasteiger charge is -2.07. The quantitative estimate of drug-likeness (QED) is 0.686. The standard InChI is InChI=1S/C20H19ClN2O2/c1-13-9-14(2)11-15(10-13)23-19(24)7-8-20-22-12-18(25-20)16-5-3-4-6-17(16)21/h3-6,9-12H,7-8H2,1-2H3,(H,23,24). The number of benzene rings is 2. The van der Waals surface area contributed by atoms with Crippen LogP contribution < -0.4 is 5.32 Å². The maximum absolute atomic E-state index is 12.1. The number of hydrogen-bond acceptors (Lipinski definition) is 3. The van der Waals surface area contributed by atoms with Crippen LogP contribution in [-0.4, -0.2) is 10.9 Å². The van der Waals surface area contributed by atoms with Gasteiger partial charge in [-0.1, -0.05) is 29.8 Å². The van der Waals surface area contributed by atoms with Gasteiger partial charge < -0.3 is 9.73 Å². The summed E-state index contributed by atoms with van der Waals surface area (Å²) in [6.45, 7) is 4.01. The van der Waals surface area contributed by atoms with Crippen molar-refractivity contribution in [1.29, 1.82) is 0 Å². The highest BCUT2D eigenvalue weighted by atomic mass is 35.5. The summed E-state index contributed by atoms with van der Waals surface area (Å²) in [5, 5.41) is 3.52. The topological polar surface area (TPSA) is 55.1 Å². The number of nitrogens with zero attached hydrogens (tertiary/aromatic N) is 1. The van der Waals surface area contributed by atoms with Gasteiger partial charge >= 0.3 is 0 Å². The molecular weight excluding hydrogens is 336 g/mol. The molecule has 2 aromatic carbocycles. The first-order valence-corrected chi connectivity index (χ1v) is 8.47. The van der Waals surface area contributed by atoms with Crippen LogP contribution in [0.5, 0.6) is 0 Å². The Hall–Kier alpha value is -2.59. The van der Waals surface area contributed by atoms with Gasteiger partial charge in [0.2, 0.25) is 5.91 Å². The van der Waals surface area contributed by atoms with Crippen molar-refractivity contribution in [3.8, 4) is 11.3 Å². The number of carbonyl (C=O) groups is 1. The van der Waals surface area contributed by atoms with E-state index >= 15 is 0 Å². The van der Waals surface area contributed by atoms with Gasteiger partial charge in [0.25, 0.3) is 0 Å². The van der Waals surface area contributed by atoms with Gasteiger partial charge in [0.15, 0.2) is 11.7 Å². The molecule has 0 saturated carbocycles. The Morgan fingerprint density at radius 2 is 1.88 bits per heavy atom. The van der Waals surface area contributed by atoms with Crippen molar-refractivity contribution >= 4 is 23.2 Å². The highest BCUT2D eigenvalue weighted by Gasteiger charge is 2.11. The van der Waals surface area contributed by atoms with Crippen LogP contribution in [0.2, 0.25) is 5.02 Å². The number of hydrogen-bond donors (Lipinski definition) is 1. The van der Waals surface area contributed by atoms with Gasteiger partial charge in [0, 0.05) is 24.1 Å². The zero-order chi connectivity index (χ0) is 17.8. The summed E-state index contributed by atoms with van der Waals surface area (Å²) in [6.07, 6.45) is 2.37. The van der Waals surface area contributed by atoms with E-state index in [0.717, 1.165) is 22.4 Å². The maximum Gasteiger partial charge on any atom is 0.224 e. The van der Waals surface area contributed by atoms with E-state index in [2.05, 4.69) is 16.4 Å². The van der Waals surface area contributed by atoms with Gasteiger partial charge in [-0.2, -0.15) is 0 Å². The molecule has 0 bridgehead atoms. The summed E-state index contributed by atoms with van der Waals surface area (Å²) in [4.78, 5) is 16.4. The minimum atomic E-state index is -0.0671. The van der Waals surface area contributed by atoms with Gasteiger partial charge in [-0.3, -0.25) is 4.79 Å². The van der Waals surface area contributed by atoms with E-state index < -0.39 is 0 Å². The fourth-order valence-electron chi connectivity index (χ4n) is 2.70. The predicted molar refractivity (Wildman–Crippen MR) is 99.8 cm³/mol. The first-order chi connectivity index (χ1) is 12.0. The van der Waals surface area contributed by atoms with Crippen molar-refractivity contribution in [2.45, 2.75) is 26.7 Å². The molecule has 3 rings (SSSR count). The third kappa shape index (κ3) is 4.48. The molecule has 25 heavy (non-hydrogen) atoms. The molecule has 128 valence electrons. The lowest BCUT2D eigenvalue weighted by molar-refractivity contribution is -0.116. The molecule has 0 fully saturated rings. The lowest BCUT2D eigenvalue weighted by Crippen LogP contribution is -2.12. The van der Waals surface area contributed by atoms with Crippen molar-refractivity contribution in [1.82, 2.24) is 4.98 Å². The fraction of sp³-hybridized carbons (Fsp3) is 0.200. The van der Waals surface area contributed by atoms with E-state index in [9.17, 15) is 4.79 Å². The summed E-state index contributed by atoms with van der Waals surface area (Å²) in [6, 6.07) is 13.4. The summed E-state index contributed by atoms with van der Waals surface area (Å²) >= 11 is 6.16. The molecular formula is C20H19ClN2O2. The molecule has 0 spiro atoms. The summed E-state index contributed by atoms with van der Waals surface area (Å²) in [7, 11) is 0. The minimum Gasteiger partial charge on any atom is -0.441 e. The molecule has 0 atom stereocenters. The molecule has 5 heteroatoms. The monoisotopic (exact) mass is 354 g/mol. The smallest absolute Gasteiger partial charge is 0.224 e. The molecule has 0 radical (unpaired) electrons. The highest BCUT2D eigenvalue weighted by molar-refractivity contribution is 6.33. The Bertz CT molecular complexity index is 882. The van der Waals surface area contributed by atoms with E-state index in [1.165, 1.54) is 0 Å². The van der Waals surface area contributed by atoms with Gasteiger partial charge in [-0.15, -0.1) is 0 Å². The number of aryl methyl sites for hydroxylation is 3. The van der Waals surface area contributed by atoms with Gasteiger partial charge in [0.05, 0.1) is 11.2 Å². The van der Waals surface area contributed by atoms with Crippen molar-refractivity contribution in [2.75, 3.05) is 5.32 Å². The second kappa shape index (κ2) is 7.53. The van der Waals surface area contributed by atoms with Crippen LogP contribution in [0.25, 0.3) is 11.3 Å². The molecule has 3 aromatic rings. The minimum absolute atomic E-state index is 0.0671. The highest BCUT2D eigenvalue weighted by Crippen LogP contribution is 2.28. The third-order valence-corrected chi connectivity index (χ3v) is 4.09. The van der Waals surface area contributed by atoms with Gasteiger partial charge in [0.1, 0.15) is 0 Å². The van der Waals surface area contributed by atoms with Crippen molar-refractivity contribution in [3.05, 3.63) is 70.7 Å². The van der Waals surface area contributed by atoms with Crippen LogP contribution in [-0.2, 0) is 11.2 Å². The molecule has 1 heterocycles. The molecule has 0 aliphatic heterocycles. The largest absolute Gasteiger partial charge is 0.441 e. The van der Waals surface area contributed by atoms with Crippen LogP contribution >= 0.6 is 11.6 Å². The summed E-state index contributed by atoms with van der Waals surface area (Å²) in [5.41, 5.74) is 3.84. The molecule has 1 aromatic heterocycles. The van der Waals surface area contributed by atoms with Gasteiger partial charge in [-0.05, 0) is 49.2 Å². The molecule has 0 saturated heterocycles. The van der Waals surface area contributed by atoms with Crippen LogP contribution in [0.15, 0.2) is 53.1 Å². The average Bonchev–Trinajstić information content (AvgIpc) is 3.01. The van der Waals surface area contributed by atoms with Crippen molar-refractivity contribution < 1.29 is 9.21 Å². The van der Waals surface area contributed by atoms with E-state index in [0.29, 0.717) is 29.5 Å². The Morgan fingerprint density at radius 1 is 1.16 bits per heavy atom. The number of aromatic nitrogens is 1. The Balaban J connectivity index is 1.60. The third-order valence-electron chi connectivity index (χ3n) is 3.76.